The standard InChI is InChI=1S/C19H16N8O/c20-9-13-8-14(11-22-10-13)15-2-3-16-18(25-15)27(7-1-4-23-16)19(28)26-17-12-21-5-6-24-17/h2-3,5-6,8,10-12,23H,1,4,7H2,(H,24,26,28). The molecule has 3 aromatic rings. The molecule has 138 valence electrons. The molecule has 0 fully saturated rings. The summed E-state index contributed by atoms with van der Waals surface area (Å²) in [5, 5.41) is 15.1. The Morgan fingerprint density at radius 3 is 2.96 bits per heavy atom. The van der Waals surface area contributed by atoms with E-state index in [1.54, 1.807) is 17.2 Å². The average molecular weight is 372 g/mol. The highest BCUT2D eigenvalue weighted by Crippen LogP contribution is 2.30. The number of pyridine rings is 2. The number of rotatable bonds is 2. The fraction of sp³-hybridized carbons (Fsp3) is 0.158. The molecular weight excluding hydrogens is 356 g/mol. The molecule has 2 amide bonds. The molecule has 0 spiro atoms. The highest BCUT2D eigenvalue weighted by Gasteiger charge is 2.23. The zero-order valence-electron chi connectivity index (χ0n) is 14.8. The van der Waals surface area contributed by atoms with Crippen LogP contribution in [0.5, 0.6) is 0 Å². The van der Waals surface area contributed by atoms with E-state index in [0.717, 1.165) is 18.7 Å². The largest absolute Gasteiger partial charge is 0.382 e. The maximum atomic E-state index is 12.9. The van der Waals surface area contributed by atoms with Crippen LogP contribution in [-0.4, -0.2) is 39.1 Å². The Hall–Kier alpha value is -4.06. The van der Waals surface area contributed by atoms with Crippen molar-refractivity contribution >= 4 is 23.4 Å². The number of hydrogen-bond donors (Lipinski definition) is 2. The minimum Gasteiger partial charge on any atom is -0.382 e. The maximum absolute atomic E-state index is 12.9. The second-order valence-corrected chi connectivity index (χ2v) is 6.09. The number of amides is 2. The molecule has 0 unspecified atom stereocenters. The zero-order chi connectivity index (χ0) is 19.3. The molecule has 0 aliphatic carbocycles. The van der Waals surface area contributed by atoms with Crippen molar-refractivity contribution in [1.82, 2.24) is 19.9 Å². The van der Waals surface area contributed by atoms with Crippen LogP contribution in [0.2, 0.25) is 0 Å². The predicted octanol–water partition coefficient (Wildman–Crippen LogP) is 2.66. The van der Waals surface area contributed by atoms with Gasteiger partial charge in [0.1, 0.15) is 6.07 Å². The summed E-state index contributed by atoms with van der Waals surface area (Å²) >= 11 is 0. The van der Waals surface area contributed by atoms with Crippen LogP contribution in [0.4, 0.5) is 22.1 Å². The van der Waals surface area contributed by atoms with Crippen molar-refractivity contribution in [2.75, 3.05) is 28.6 Å². The molecule has 9 heteroatoms. The Kier molecular flexibility index (Phi) is 4.76. The van der Waals surface area contributed by atoms with E-state index >= 15 is 0 Å². The molecule has 0 bridgehead atoms. The van der Waals surface area contributed by atoms with Gasteiger partial charge in [-0.25, -0.2) is 14.8 Å². The van der Waals surface area contributed by atoms with Gasteiger partial charge in [-0.15, -0.1) is 0 Å². The third-order valence-corrected chi connectivity index (χ3v) is 4.21. The van der Waals surface area contributed by atoms with Crippen LogP contribution in [0.25, 0.3) is 11.3 Å². The third kappa shape index (κ3) is 3.57. The number of urea groups is 1. The summed E-state index contributed by atoms with van der Waals surface area (Å²) < 4.78 is 0. The number of carbonyl (C=O) groups excluding carboxylic acids is 1. The first kappa shape index (κ1) is 17.4. The zero-order valence-corrected chi connectivity index (χ0v) is 14.8. The fourth-order valence-corrected chi connectivity index (χ4v) is 2.90. The van der Waals surface area contributed by atoms with Crippen molar-refractivity contribution in [3.8, 4) is 17.3 Å². The minimum absolute atomic E-state index is 0.334. The molecule has 0 saturated carbocycles. The Labute approximate surface area is 161 Å². The topological polar surface area (TPSA) is 120 Å². The van der Waals surface area contributed by atoms with E-state index in [9.17, 15) is 4.79 Å². The number of carbonyl (C=O) groups is 1. The molecule has 0 aromatic carbocycles. The van der Waals surface area contributed by atoms with Crippen molar-refractivity contribution in [1.29, 1.82) is 5.26 Å². The van der Waals surface area contributed by atoms with Gasteiger partial charge in [0.2, 0.25) is 0 Å². The molecule has 4 heterocycles. The van der Waals surface area contributed by atoms with Crippen LogP contribution < -0.4 is 15.5 Å². The Balaban J connectivity index is 1.69. The molecule has 1 aliphatic heterocycles. The smallest absolute Gasteiger partial charge is 0.328 e. The summed E-state index contributed by atoms with van der Waals surface area (Å²) in [5.41, 5.74) is 2.55. The molecule has 0 radical (unpaired) electrons. The lowest BCUT2D eigenvalue weighted by molar-refractivity contribution is 0.256. The summed E-state index contributed by atoms with van der Waals surface area (Å²) in [6.45, 7) is 1.23. The van der Waals surface area contributed by atoms with E-state index in [1.165, 1.54) is 24.8 Å². The molecule has 28 heavy (non-hydrogen) atoms. The first-order valence-electron chi connectivity index (χ1n) is 8.69. The van der Waals surface area contributed by atoms with Crippen molar-refractivity contribution in [3.63, 3.8) is 0 Å². The normalized spacial score (nSPS) is 12.9. The van der Waals surface area contributed by atoms with Gasteiger partial charge in [0.05, 0.1) is 23.1 Å². The van der Waals surface area contributed by atoms with Crippen LogP contribution in [-0.2, 0) is 0 Å². The number of hydrogen-bond acceptors (Lipinski definition) is 7. The van der Waals surface area contributed by atoms with Crippen molar-refractivity contribution in [2.24, 2.45) is 0 Å². The molecule has 0 saturated heterocycles. The van der Waals surface area contributed by atoms with Gasteiger partial charge < -0.3 is 5.32 Å². The van der Waals surface area contributed by atoms with Gasteiger partial charge in [0.25, 0.3) is 0 Å². The monoisotopic (exact) mass is 372 g/mol. The number of anilines is 3. The summed E-state index contributed by atoms with van der Waals surface area (Å²) in [7, 11) is 0. The van der Waals surface area contributed by atoms with Gasteiger partial charge in [0.15, 0.2) is 11.6 Å². The summed E-state index contributed by atoms with van der Waals surface area (Å²) in [4.78, 5) is 31.2. The molecular formula is C19H16N8O. The molecule has 1 aliphatic rings. The van der Waals surface area contributed by atoms with E-state index in [-0.39, 0.29) is 6.03 Å². The van der Waals surface area contributed by atoms with Crippen molar-refractivity contribution < 1.29 is 4.79 Å². The van der Waals surface area contributed by atoms with E-state index in [1.807, 2.05) is 12.1 Å². The van der Waals surface area contributed by atoms with Gasteiger partial charge in [-0.05, 0) is 24.6 Å². The van der Waals surface area contributed by atoms with E-state index in [4.69, 9.17) is 5.26 Å². The first-order valence-corrected chi connectivity index (χ1v) is 8.69. The van der Waals surface area contributed by atoms with Gasteiger partial charge >= 0.3 is 6.03 Å². The molecule has 3 aromatic heterocycles. The number of nitrogens with one attached hydrogen (secondary N) is 2. The van der Waals surface area contributed by atoms with Crippen LogP contribution in [0.15, 0.2) is 49.2 Å². The highest BCUT2D eigenvalue weighted by molar-refractivity contribution is 6.02. The van der Waals surface area contributed by atoms with Crippen molar-refractivity contribution in [2.45, 2.75) is 6.42 Å². The molecule has 9 nitrogen and oxygen atoms in total. The average Bonchev–Trinajstić information content (AvgIpc) is 2.96. The Bertz CT molecular complexity index is 1050. The second kappa shape index (κ2) is 7.67. The van der Waals surface area contributed by atoms with E-state index in [0.29, 0.717) is 35.0 Å². The van der Waals surface area contributed by atoms with Crippen LogP contribution in [0.1, 0.15) is 12.0 Å². The third-order valence-electron chi connectivity index (χ3n) is 4.21. The lowest BCUT2D eigenvalue weighted by atomic mass is 10.1. The molecule has 4 rings (SSSR count). The van der Waals surface area contributed by atoms with Gasteiger partial charge in [0, 0.05) is 43.4 Å². The lowest BCUT2D eigenvalue weighted by Gasteiger charge is -2.22. The van der Waals surface area contributed by atoms with E-state index in [2.05, 4.69) is 36.6 Å². The minimum atomic E-state index is -0.334. The predicted molar refractivity (Wildman–Crippen MR) is 104 cm³/mol. The number of nitriles is 1. The van der Waals surface area contributed by atoms with Crippen LogP contribution in [0, 0.1) is 11.3 Å². The Morgan fingerprint density at radius 1 is 1.21 bits per heavy atom. The number of nitrogens with zero attached hydrogens (tertiary/aromatic N) is 6. The molecule has 0 atom stereocenters. The summed E-state index contributed by atoms with van der Waals surface area (Å²) in [5.74, 6) is 0.882. The fourth-order valence-electron chi connectivity index (χ4n) is 2.90. The van der Waals surface area contributed by atoms with Crippen LogP contribution in [0.3, 0.4) is 0 Å². The summed E-state index contributed by atoms with van der Waals surface area (Å²) in [6.07, 6.45) is 8.44. The SMILES string of the molecule is N#Cc1cncc(-c2ccc3c(n2)N(C(=O)Nc2cnccn2)CCCN3)c1. The lowest BCUT2D eigenvalue weighted by Crippen LogP contribution is -2.36. The van der Waals surface area contributed by atoms with Gasteiger partial charge in [-0.1, -0.05) is 0 Å². The highest BCUT2D eigenvalue weighted by atomic mass is 16.2. The molecule has 2 N–H and O–H groups in total. The van der Waals surface area contributed by atoms with Gasteiger partial charge in [-0.3, -0.25) is 20.2 Å². The first-order chi connectivity index (χ1) is 13.7. The number of aromatic nitrogens is 4. The summed E-state index contributed by atoms with van der Waals surface area (Å²) in [6, 6.07) is 7.18. The Morgan fingerprint density at radius 2 is 2.14 bits per heavy atom. The van der Waals surface area contributed by atoms with Gasteiger partial charge in [-0.2, -0.15) is 5.26 Å². The maximum Gasteiger partial charge on any atom is 0.328 e. The number of fused-ring (bicyclic) bond motifs is 1. The van der Waals surface area contributed by atoms with Crippen LogP contribution >= 0.6 is 0 Å². The van der Waals surface area contributed by atoms with E-state index < -0.39 is 0 Å². The van der Waals surface area contributed by atoms with Crippen molar-refractivity contribution in [3.05, 3.63) is 54.7 Å². The second-order valence-electron chi connectivity index (χ2n) is 6.09. The quantitative estimate of drug-likeness (QED) is 0.709.